The van der Waals surface area contributed by atoms with Crippen LogP contribution in [0.3, 0.4) is 0 Å². The average molecular weight is 198 g/mol. The Kier molecular flexibility index (Phi) is 3.85. The van der Waals surface area contributed by atoms with E-state index in [-0.39, 0.29) is 5.91 Å². The summed E-state index contributed by atoms with van der Waals surface area (Å²) >= 11 is 5.87. The van der Waals surface area contributed by atoms with Gasteiger partial charge in [0, 0.05) is 10.6 Å². The van der Waals surface area contributed by atoms with E-state index in [1.54, 1.807) is 6.92 Å². The van der Waals surface area contributed by atoms with Gasteiger partial charge in [0.15, 0.2) is 0 Å². The second-order valence-corrected chi connectivity index (χ2v) is 3.30. The molecule has 0 aromatic rings. The Morgan fingerprint density at radius 2 is 2.38 bits per heavy atom. The van der Waals surface area contributed by atoms with Gasteiger partial charge in [-0.25, -0.2) is 0 Å². The van der Waals surface area contributed by atoms with Crippen LogP contribution >= 0.6 is 11.6 Å². The third-order valence-electron chi connectivity index (χ3n) is 1.94. The molecule has 0 aromatic carbocycles. The minimum atomic E-state index is -0.0646. The van der Waals surface area contributed by atoms with Gasteiger partial charge >= 0.3 is 0 Å². The summed E-state index contributed by atoms with van der Waals surface area (Å²) in [6.45, 7) is 2.15. The van der Waals surface area contributed by atoms with Crippen molar-refractivity contribution in [1.82, 2.24) is 5.32 Å². The molecule has 0 radical (unpaired) electrons. The van der Waals surface area contributed by atoms with Crippen LogP contribution in [0.25, 0.3) is 0 Å². The molecule has 0 aliphatic heterocycles. The fourth-order valence-electron chi connectivity index (χ4n) is 1.26. The monoisotopic (exact) mass is 197 g/mol. The normalized spacial score (nSPS) is 15.2. The number of nitrogens with one attached hydrogen (secondary N) is 1. The Morgan fingerprint density at radius 1 is 1.62 bits per heavy atom. The summed E-state index contributed by atoms with van der Waals surface area (Å²) in [4.78, 5) is 11.4. The van der Waals surface area contributed by atoms with Gasteiger partial charge in [-0.2, -0.15) is 0 Å². The van der Waals surface area contributed by atoms with Crippen molar-refractivity contribution in [3.63, 3.8) is 0 Å². The Morgan fingerprint density at radius 3 is 2.92 bits per heavy atom. The molecule has 1 aliphatic carbocycles. The maximum absolute atomic E-state index is 11.4. The third-order valence-corrected chi connectivity index (χ3v) is 2.36. The van der Waals surface area contributed by atoms with Crippen LogP contribution in [0.2, 0.25) is 0 Å². The second-order valence-electron chi connectivity index (χ2n) is 2.85. The van der Waals surface area contributed by atoms with Crippen molar-refractivity contribution in [2.45, 2.75) is 26.2 Å². The molecule has 0 aromatic heterocycles. The van der Waals surface area contributed by atoms with Crippen molar-refractivity contribution in [1.29, 1.82) is 0 Å². The van der Waals surface area contributed by atoms with Gasteiger partial charge in [0.25, 0.3) is 0 Å². The Bertz CT molecular complexity index is 296. The molecule has 2 nitrogen and oxygen atoms in total. The van der Waals surface area contributed by atoms with E-state index >= 15 is 0 Å². The standard InChI is InChI=1S/C10H12ClNO/c1-2-3-7-12-10(13)8-5-4-6-9(8)11/h4-7H2,1H3,(H,12,13). The highest BCUT2D eigenvalue weighted by Gasteiger charge is 2.18. The zero-order valence-electron chi connectivity index (χ0n) is 7.61. The number of rotatable bonds is 2. The topological polar surface area (TPSA) is 29.1 Å². The molecule has 70 valence electrons. The fourth-order valence-corrected chi connectivity index (χ4v) is 1.58. The molecule has 0 spiro atoms. The Labute approximate surface area is 83.3 Å². The number of allylic oxidation sites excluding steroid dienone is 1. The summed E-state index contributed by atoms with van der Waals surface area (Å²) in [5.41, 5.74) is 0.736. The molecule has 0 heterocycles. The molecule has 1 aliphatic rings. The molecule has 1 rings (SSSR count). The van der Waals surface area contributed by atoms with Crippen molar-refractivity contribution in [2.24, 2.45) is 0 Å². The van der Waals surface area contributed by atoms with Crippen LogP contribution in [0, 0.1) is 11.8 Å². The van der Waals surface area contributed by atoms with Crippen LogP contribution in [0.1, 0.15) is 26.2 Å². The smallest absolute Gasteiger partial charge is 0.249 e. The molecular weight excluding hydrogens is 186 g/mol. The first-order valence-corrected chi connectivity index (χ1v) is 4.69. The highest BCUT2D eigenvalue weighted by atomic mass is 35.5. The van der Waals surface area contributed by atoms with Crippen molar-refractivity contribution in [3.05, 3.63) is 10.6 Å². The van der Waals surface area contributed by atoms with Gasteiger partial charge in [-0.05, 0) is 26.2 Å². The largest absolute Gasteiger partial charge is 0.341 e. The molecule has 0 saturated heterocycles. The lowest BCUT2D eigenvalue weighted by Crippen LogP contribution is -2.24. The van der Waals surface area contributed by atoms with Gasteiger partial charge in [-0.1, -0.05) is 17.5 Å². The van der Waals surface area contributed by atoms with E-state index in [9.17, 15) is 4.79 Å². The number of amides is 1. The van der Waals surface area contributed by atoms with E-state index in [0.717, 1.165) is 24.8 Å². The van der Waals surface area contributed by atoms with Crippen LogP contribution in [-0.2, 0) is 4.79 Å². The molecular formula is C10H12ClNO. The molecule has 0 unspecified atom stereocenters. The van der Waals surface area contributed by atoms with Crippen molar-refractivity contribution < 1.29 is 4.79 Å². The van der Waals surface area contributed by atoms with Crippen molar-refractivity contribution >= 4 is 17.5 Å². The first kappa shape index (κ1) is 10.1. The van der Waals surface area contributed by atoms with Gasteiger partial charge in [-0.15, -0.1) is 5.92 Å². The zero-order valence-corrected chi connectivity index (χ0v) is 8.37. The predicted octanol–water partition coefficient (Wildman–Crippen LogP) is 1.80. The quantitative estimate of drug-likeness (QED) is 0.673. The number of hydrogen-bond donors (Lipinski definition) is 1. The summed E-state index contributed by atoms with van der Waals surface area (Å²) in [6.07, 6.45) is 2.62. The first-order chi connectivity index (χ1) is 6.25. The van der Waals surface area contributed by atoms with Gasteiger partial charge in [0.2, 0.25) is 5.91 Å². The lowest BCUT2D eigenvalue weighted by atomic mass is 10.2. The number of hydrogen-bond acceptors (Lipinski definition) is 1. The van der Waals surface area contributed by atoms with E-state index in [1.165, 1.54) is 0 Å². The average Bonchev–Trinajstić information content (AvgIpc) is 2.52. The minimum absolute atomic E-state index is 0.0646. The molecule has 0 atom stereocenters. The summed E-state index contributed by atoms with van der Waals surface area (Å²) in [5, 5.41) is 3.41. The van der Waals surface area contributed by atoms with E-state index in [2.05, 4.69) is 17.2 Å². The maximum Gasteiger partial charge on any atom is 0.249 e. The Hall–Kier alpha value is -0.940. The molecule has 1 amide bonds. The lowest BCUT2D eigenvalue weighted by molar-refractivity contribution is -0.117. The van der Waals surface area contributed by atoms with Crippen LogP contribution in [0.4, 0.5) is 0 Å². The van der Waals surface area contributed by atoms with E-state index in [1.807, 2.05) is 0 Å². The van der Waals surface area contributed by atoms with Gasteiger partial charge in [0.05, 0.1) is 6.54 Å². The fraction of sp³-hybridized carbons (Fsp3) is 0.500. The first-order valence-electron chi connectivity index (χ1n) is 4.31. The van der Waals surface area contributed by atoms with Crippen LogP contribution < -0.4 is 5.32 Å². The zero-order chi connectivity index (χ0) is 9.68. The molecule has 0 bridgehead atoms. The molecule has 3 heteroatoms. The summed E-state index contributed by atoms with van der Waals surface area (Å²) < 4.78 is 0. The van der Waals surface area contributed by atoms with Gasteiger partial charge in [0.1, 0.15) is 0 Å². The third kappa shape index (κ3) is 2.78. The van der Waals surface area contributed by atoms with Crippen LogP contribution in [-0.4, -0.2) is 12.5 Å². The molecule has 1 N–H and O–H groups in total. The van der Waals surface area contributed by atoms with Crippen molar-refractivity contribution in [2.75, 3.05) is 6.54 Å². The minimum Gasteiger partial charge on any atom is -0.341 e. The molecule has 13 heavy (non-hydrogen) atoms. The highest BCUT2D eigenvalue weighted by Crippen LogP contribution is 2.28. The predicted molar refractivity (Wildman–Crippen MR) is 53.2 cm³/mol. The molecule has 0 fully saturated rings. The number of carbonyl (C=O) groups excluding carboxylic acids is 1. The van der Waals surface area contributed by atoms with Gasteiger partial charge in [-0.3, -0.25) is 4.79 Å². The van der Waals surface area contributed by atoms with Gasteiger partial charge < -0.3 is 5.32 Å². The summed E-state index contributed by atoms with van der Waals surface area (Å²) in [5.74, 6) is 5.42. The number of carbonyl (C=O) groups is 1. The highest BCUT2D eigenvalue weighted by molar-refractivity contribution is 6.32. The SMILES string of the molecule is CC#CCNC(=O)C1=C(Cl)CCC1. The summed E-state index contributed by atoms with van der Waals surface area (Å²) in [6, 6.07) is 0. The molecule has 0 saturated carbocycles. The number of halogens is 1. The van der Waals surface area contributed by atoms with E-state index < -0.39 is 0 Å². The van der Waals surface area contributed by atoms with E-state index in [0.29, 0.717) is 11.6 Å². The lowest BCUT2D eigenvalue weighted by Gasteiger charge is -2.01. The van der Waals surface area contributed by atoms with E-state index in [4.69, 9.17) is 11.6 Å². The second kappa shape index (κ2) is 4.94. The Balaban J connectivity index is 2.46. The van der Waals surface area contributed by atoms with Crippen LogP contribution in [0.15, 0.2) is 10.6 Å². The van der Waals surface area contributed by atoms with Crippen LogP contribution in [0.5, 0.6) is 0 Å². The van der Waals surface area contributed by atoms with Crippen molar-refractivity contribution in [3.8, 4) is 11.8 Å². The maximum atomic E-state index is 11.4. The summed E-state index contributed by atoms with van der Waals surface area (Å²) in [7, 11) is 0.